The molecular formula is C18H19NO4S. The van der Waals surface area contributed by atoms with Crippen LogP contribution >= 0.6 is 0 Å². The Labute approximate surface area is 143 Å². The van der Waals surface area contributed by atoms with Crippen molar-refractivity contribution in [2.45, 2.75) is 30.2 Å². The van der Waals surface area contributed by atoms with E-state index in [1.807, 2.05) is 10.6 Å². The summed E-state index contributed by atoms with van der Waals surface area (Å²) in [7, 11) is 0.244. The molecule has 24 heavy (non-hydrogen) atoms. The highest BCUT2D eigenvalue weighted by Crippen LogP contribution is 2.31. The molecule has 5 nitrogen and oxygen atoms in total. The number of esters is 1. The van der Waals surface area contributed by atoms with E-state index < -0.39 is 10.8 Å². The zero-order chi connectivity index (χ0) is 17.3. The minimum Gasteiger partial charge on any atom is -0.469 e. The topological polar surface area (TPSA) is 65.4 Å². The SMILES string of the molecule is COC(=O)C1CCCn2c(C(=O)c3cccc(S(C)=O)c3)ccc21. The molecule has 0 bridgehead atoms. The van der Waals surface area contributed by atoms with Gasteiger partial charge in [0, 0.05) is 39.8 Å². The Hall–Kier alpha value is -2.21. The second-order valence-electron chi connectivity index (χ2n) is 5.82. The number of carbonyl (C=O) groups is 2. The Bertz CT molecular complexity index is 824. The summed E-state index contributed by atoms with van der Waals surface area (Å²) >= 11 is 0. The smallest absolute Gasteiger partial charge is 0.314 e. The van der Waals surface area contributed by atoms with E-state index in [0.29, 0.717) is 22.7 Å². The molecule has 0 saturated heterocycles. The largest absolute Gasteiger partial charge is 0.469 e. The third kappa shape index (κ3) is 2.94. The van der Waals surface area contributed by atoms with Crippen molar-refractivity contribution in [2.75, 3.05) is 13.4 Å². The molecule has 2 unspecified atom stereocenters. The second-order valence-corrected chi connectivity index (χ2v) is 7.20. The number of carbonyl (C=O) groups excluding carboxylic acids is 2. The van der Waals surface area contributed by atoms with Gasteiger partial charge in [-0.25, -0.2) is 0 Å². The molecule has 1 aliphatic rings. The van der Waals surface area contributed by atoms with Crippen molar-refractivity contribution in [3.63, 3.8) is 0 Å². The van der Waals surface area contributed by atoms with E-state index in [0.717, 1.165) is 18.5 Å². The second kappa shape index (κ2) is 6.73. The van der Waals surface area contributed by atoms with Crippen LogP contribution < -0.4 is 0 Å². The fourth-order valence-electron chi connectivity index (χ4n) is 3.18. The standard InChI is InChI=1S/C18H19NO4S/c1-23-18(21)14-7-4-10-19-15(14)8-9-16(19)17(20)12-5-3-6-13(11-12)24(2)22/h3,5-6,8-9,11,14H,4,7,10H2,1-2H3. The van der Waals surface area contributed by atoms with Crippen molar-refractivity contribution in [3.8, 4) is 0 Å². The molecule has 0 amide bonds. The molecule has 126 valence electrons. The maximum atomic E-state index is 12.9. The van der Waals surface area contributed by atoms with Gasteiger partial charge in [-0.2, -0.15) is 0 Å². The lowest BCUT2D eigenvalue weighted by Crippen LogP contribution is -2.24. The molecule has 1 aromatic carbocycles. The highest BCUT2D eigenvalue weighted by atomic mass is 32.2. The van der Waals surface area contributed by atoms with Gasteiger partial charge in [0.1, 0.15) is 0 Å². The van der Waals surface area contributed by atoms with Crippen molar-refractivity contribution >= 4 is 22.6 Å². The van der Waals surface area contributed by atoms with Gasteiger partial charge in [-0.05, 0) is 37.1 Å². The predicted molar refractivity (Wildman–Crippen MR) is 90.6 cm³/mol. The van der Waals surface area contributed by atoms with Gasteiger partial charge in [0.2, 0.25) is 5.78 Å². The first kappa shape index (κ1) is 16.6. The molecule has 0 N–H and O–H groups in total. The number of hydrogen-bond acceptors (Lipinski definition) is 4. The van der Waals surface area contributed by atoms with E-state index in [-0.39, 0.29) is 17.7 Å². The number of hydrogen-bond donors (Lipinski definition) is 0. The average Bonchev–Trinajstić information content (AvgIpc) is 3.04. The van der Waals surface area contributed by atoms with Gasteiger partial charge in [-0.1, -0.05) is 12.1 Å². The van der Waals surface area contributed by atoms with E-state index >= 15 is 0 Å². The quantitative estimate of drug-likeness (QED) is 0.631. The van der Waals surface area contributed by atoms with Gasteiger partial charge in [0.15, 0.2) is 0 Å². The number of rotatable bonds is 4. The highest BCUT2D eigenvalue weighted by Gasteiger charge is 2.30. The molecule has 2 atom stereocenters. The van der Waals surface area contributed by atoms with E-state index in [1.54, 1.807) is 36.6 Å². The van der Waals surface area contributed by atoms with Gasteiger partial charge in [0.05, 0.1) is 18.7 Å². The van der Waals surface area contributed by atoms with Gasteiger partial charge < -0.3 is 9.30 Å². The highest BCUT2D eigenvalue weighted by molar-refractivity contribution is 7.84. The molecule has 1 aromatic heterocycles. The minimum atomic E-state index is -1.14. The average molecular weight is 345 g/mol. The zero-order valence-electron chi connectivity index (χ0n) is 13.7. The summed E-state index contributed by atoms with van der Waals surface area (Å²) in [5, 5.41) is 0. The fraction of sp³-hybridized carbons (Fsp3) is 0.333. The number of nitrogens with zero attached hydrogens (tertiary/aromatic N) is 1. The Morgan fingerprint density at radius 2 is 2.04 bits per heavy atom. The first-order valence-corrected chi connectivity index (χ1v) is 9.34. The maximum absolute atomic E-state index is 12.9. The first-order chi connectivity index (χ1) is 11.5. The van der Waals surface area contributed by atoms with Crippen LogP contribution in [0.4, 0.5) is 0 Å². The van der Waals surface area contributed by atoms with Crippen molar-refractivity contribution in [1.82, 2.24) is 4.57 Å². The lowest BCUT2D eigenvalue weighted by molar-refractivity contribution is -0.143. The molecule has 0 fully saturated rings. The van der Waals surface area contributed by atoms with Crippen molar-refractivity contribution < 1.29 is 18.5 Å². The summed E-state index contributed by atoms with van der Waals surface area (Å²) in [6.45, 7) is 0.705. The van der Waals surface area contributed by atoms with Crippen molar-refractivity contribution in [1.29, 1.82) is 0 Å². The van der Waals surface area contributed by atoms with Crippen LogP contribution in [0.25, 0.3) is 0 Å². The lowest BCUT2D eigenvalue weighted by atomic mass is 9.96. The number of ether oxygens (including phenoxy) is 1. The third-order valence-corrected chi connectivity index (χ3v) is 5.31. The number of benzene rings is 1. The predicted octanol–water partition coefficient (Wildman–Crippen LogP) is 2.51. The van der Waals surface area contributed by atoms with E-state index in [4.69, 9.17) is 4.74 Å². The fourth-order valence-corrected chi connectivity index (χ4v) is 3.74. The minimum absolute atomic E-state index is 0.126. The Morgan fingerprint density at radius 1 is 1.25 bits per heavy atom. The van der Waals surface area contributed by atoms with Crippen LogP contribution in [-0.4, -0.2) is 33.9 Å². The van der Waals surface area contributed by atoms with Gasteiger partial charge >= 0.3 is 5.97 Å². The summed E-state index contributed by atoms with van der Waals surface area (Å²) in [4.78, 5) is 25.4. The lowest BCUT2D eigenvalue weighted by Gasteiger charge is -2.24. The molecule has 3 rings (SSSR count). The normalized spacial score (nSPS) is 17.8. The Morgan fingerprint density at radius 3 is 2.75 bits per heavy atom. The first-order valence-electron chi connectivity index (χ1n) is 7.78. The van der Waals surface area contributed by atoms with Crippen LogP contribution in [0.5, 0.6) is 0 Å². The van der Waals surface area contributed by atoms with Gasteiger partial charge in [0.25, 0.3) is 0 Å². The van der Waals surface area contributed by atoms with Crippen molar-refractivity contribution in [2.24, 2.45) is 0 Å². The van der Waals surface area contributed by atoms with E-state index in [1.165, 1.54) is 7.11 Å². The van der Waals surface area contributed by atoms with Crippen LogP contribution in [0.3, 0.4) is 0 Å². The molecule has 6 heteroatoms. The Kier molecular flexibility index (Phi) is 4.66. The summed E-state index contributed by atoms with van der Waals surface area (Å²) in [6.07, 6.45) is 3.14. The molecule has 0 spiro atoms. The van der Waals surface area contributed by atoms with Crippen LogP contribution in [0.2, 0.25) is 0 Å². The number of fused-ring (bicyclic) bond motifs is 1. The van der Waals surface area contributed by atoms with Gasteiger partial charge in [-0.3, -0.25) is 13.8 Å². The molecule has 2 aromatic rings. The summed E-state index contributed by atoms with van der Waals surface area (Å²) in [5.41, 5.74) is 1.88. The van der Waals surface area contributed by atoms with Crippen LogP contribution in [0.1, 0.15) is 40.5 Å². The summed E-state index contributed by atoms with van der Waals surface area (Å²) in [6, 6.07) is 10.5. The van der Waals surface area contributed by atoms with Crippen molar-refractivity contribution in [3.05, 3.63) is 53.3 Å². The monoisotopic (exact) mass is 345 g/mol. The molecule has 2 heterocycles. The molecule has 0 saturated carbocycles. The third-order valence-electron chi connectivity index (χ3n) is 4.39. The summed E-state index contributed by atoms with van der Waals surface area (Å²) in [5.74, 6) is -0.713. The molecule has 1 aliphatic heterocycles. The van der Waals surface area contributed by atoms with Crippen LogP contribution in [0, 0.1) is 0 Å². The Balaban J connectivity index is 1.98. The maximum Gasteiger partial charge on any atom is 0.314 e. The molecule has 0 radical (unpaired) electrons. The number of ketones is 1. The molecule has 0 aliphatic carbocycles. The zero-order valence-corrected chi connectivity index (χ0v) is 14.5. The number of methoxy groups -OCH3 is 1. The van der Waals surface area contributed by atoms with E-state index in [9.17, 15) is 13.8 Å². The van der Waals surface area contributed by atoms with Crippen LogP contribution in [0.15, 0.2) is 41.3 Å². The molecular weight excluding hydrogens is 326 g/mol. The van der Waals surface area contributed by atoms with Gasteiger partial charge in [-0.15, -0.1) is 0 Å². The number of aromatic nitrogens is 1. The van der Waals surface area contributed by atoms with Crippen LogP contribution in [-0.2, 0) is 26.9 Å². The summed E-state index contributed by atoms with van der Waals surface area (Å²) < 4.78 is 18.4. The van der Waals surface area contributed by atoms with E-state index in [2.05, 4.69) is 0 Å².